The minimum Gasteiger partial charge on any atom is -0.390 e. The number of phosphoric ester groups is 2. The molecule has 8 atom stereocenters. The molecule has 0 bridgehead atoms. The standard InChI is InChI=1S/C25H37N14O15P3/c1-3-38(20-18(28-2)22(41)33-24(26)31-20)17-8-37(6-12-5-30-36-35-12)7-13(51-17)9-49-55(43,44)53-57(47,48)54-56(45,46)50-10-15-14(40)4-16(52-15)39-11-29-19-21(39)32-25(27)34-23(19)42/h3,5,11,13-17,28,40H,1,4,6-10H2,2H3,(H,43,44)(H,45,46)(H,47,48)(H,30,35,36)(H3,26,31,33,41)(H3,27,32,34,42)/t13?,14-,15?,16?,17?/m0/s1. The average molecular weight is 867 g/mol. The number of imidazole rings is 1. The van der Waals surface area contributed by atoms with Crippen molar-refractivity contribution in [3.05, 3.63) is 51.7 Å². The Labute approximate surface area is 318 Å². The van der Waals surface area contributed by atoms with E-state index in [0.29, 0.717) is 5.69 Å². The molecule has 2 aliphatic rings. The number of phosphoric acid groups is 3. The smallest absolute Gasteiger partial charge is 0.390 e. The highest BCUT2D eigenvalue weighted by Gasteiger charge is 2.45. The third-order valence-electron chi connectivity index (χ3n) is 8.20. The second kappa shape index (κ2) is 16.8. The lowest BCUT2D eigenvalue weighted by molar-refractivity contribution is -0.101. The van der Waals surface area contributed by atoms with E-state index in [2.05, 4.69) is 60.8 Å². The molecule has 0 amide bonds. The molecule has 0 saturated carbocycles. The largest absolute Gasteiger partial charge is 0.490 e. The number of hydrogen-bond donors (Lipinski definition) is 10. The van der Waals surface area contributed by atoms with Gasteiger partial charge in [-0.2, -0.15) is 34.0 Å². The van der Waals surface area contributed by atoms with E-state index in [1.165, 1.54) is 35.2 Å². The number of anilines is 4. The third kappa shape index (κ3) is 10.2. The van der Waals surface area contributed by atoms with Gasteiger partial charge in [0.1, 0.15) is 24.2 Å². The molecule has 57 heavy (non-hydrogen) atoms. The van der Waals surface area contributed by atoms with Gasteiger partial charge in [0, 0.05) is 39.3 Å². The topological polar surface area (TPSA) is 409 Å². The number of rotatable bonds is 17. The van der Waals surface area contributed by atoms with Crippen LogP contribution < -0.4 is 32.8 Å². The molecule has 12 N–H and O–H groups in total. The van der Waals surface area contributed by atoms with Crippen LogP contribution in [0.5, 0.6) is 0 Å². The second-order valence-corrected chi connectivity index (χ2v) is 16.9. The van der Waals surface area contributed by atoms with Crippen LogP contribution in [0.4, 0.5) is 23.4 Å². The van der Waals surface area contributed by atoms with Gasteiger partial charge in [-0.05, 0) is 0 Å². The molecule has 0 aromatic carbocycles. The van der Waals surface area contributed by atoms with Gasteiger partial charge < -0.3 is 50.9 Å². The molecular formula is C25H37N14O15P3. The Kier molecular flexibility index (Phi) is 12.4. The SMILES string of the molecule is C=CN(c1nc(N)[nH]c(=O)c1NC)C1CN(Cc2cn[nH]n2)CC(COP(=O)(O)OP(=O)(O)OP(=O)(O)OCC2OC(n3cnc4c(=O)[nH]c(N)nc43)C[C@@H]2O)O1. The number of ether oxygens (including phenoxy) is 2. The van der Waals surface area contributed by atoms with Crippen LogP contribution >= 0.6 is 23.5 Å². The van der Waals surface area contributed by atoms with Gasteiger partial charge in [-0.1, -0.05) is 6.58 Å². The van der Waals surface area contributed by atoms with Crippen LogP contribution in [0.3, 0.4) is 0 Å². The predicted octanol–water partition coefficient (Wildman–Crippen LogP) is -1.58. The third-order valence-corrected chi connectivity index (χ3v) is 12.5. The van der Waals surface area contributed by atoms with Gasteiger partial charge in [-0.25, -0.2) is 18.7 Å². The minimum absolute atomic E-state index is 0.00737. The Hall–Kier alpha value is -4.44. The summed E-state index contributed by atoms with van der Waals surface area (Å²) in [5.74, 6) is -0.412. The molecular weight excluding hydrogens is 829 g/mol. The number of fused-ring (bicyclic) bond motifs is 1. The molecule has 29 nitrogen and oxygen atoms in total. The van der Waals surface area contributed by atoms with Crippen LogP contribution in [-0.4, -0.2) is 127 Å². The lowest BCUT2D eigenvalue weighted by Gasteiger charge is -2.42. The van der Waals surface area contributed by atoms with Gasteiger partial charge in [0.15, 0.2) is 17.0 Å². The maximum Gasteiger partial charge on any atom is 0.490 e. The first-order chi connectivity index (χ1) is 26.9. The summed E-state index contributed by atoms with van der Waals surface area (Å²) in [6, 6.07) is 0. The van der Waals surface area contributed by atoms with Crippen LogP contribution in [0.1, 0.15) is 18.3 Å². The van der Waals surface area contributed by atoms with Crippen LogP contribution in [0.25, 0.3) is 11.2 Å². The monoisotopic (exact) mass is 866 g/mol. The maximum absolute atomic E-state index is 12.8. The predicted molar refractivity (Wildman–Crippen MR) is 192 cm³/mol. The fraction of sp³-hybridized carbons (Fsp3) is 0.480. The molecule has 6 heterocycles. The summed E-state index contributed by atoms with van der Waals surface area (Å²) in [7, 11) is -15.6. The lowest BCUT2D eigenvalue weighted by atomic mass is 10.2. The number of morpholine rings is 1. The molecule has 32 heteroatoms. The number of nitrogen functional groups attached to an aromatic ring is 2. The summed E-state index contributed by atoms with van der Waals surface area (Å²) in [5.41, 5.74) is 10.6. The Morgan fingerprint density at radius 3 is 2.39 bits per heavy atom. The molecule has 0 radical (unpaired) electrons. The Bertz CT molecular complexity index is 2340. The summed E-state index contributed by atoms with van der Waals surface area (Å²) < 4.78 is 69.2. The molecule has 7 unspecified atom stereocenters. The first-order valence-electron chi connectivity index (χ1n) is 16.3. The van der Waals surface area contributed by atoms with E-state index in [4.69, 9.17) is 30.0 Å². The lowest BCUT2D eigenvalue weighted by Crippen LogP contribution is -2.54. The van der Waals surface area contributed by atoms with E-state index < -0.39 is 78.6 Å². The number of nitrogens with two attached hydrogens (primary N) is 2. The zero-order valence-corrected chi connectivity index (χ0v) is 32.1. The molecule has 2 saturated heterocycles. The number of hydrogen-bond acceptors (Lipinski definition) is 22. The number of aromatic nitrogens is 9. The van der Waals surface area contributed by atoms with Crippen LogP contribution in [0.2, 0.25) is 0 Å². The minimum atomic E-state index is -5.91. The van der Waals surface area contributed by atoms with Gasteiger partial charge in [0.2, 0.25) is 11.9 Å². The molecule has 0 spiro atoms. The molecule has 4 aromatic heterocycles. The molecule has 2 aliphatic heterocycles. The van der Waals surface area contributed by atoms with Crippen molar-refractivity contribution in [3.8, 4) is 0 Å². The highest BCUT2D eigenvalue weighted by molar-refractivity contribution is 7.66. The van der Waals surface area contributed by atoms with Crippen molar-refractivity contribution in [2.24, 2.45) is 0 Å². The van der Waals surface area contributed by atoms with Crippen molar-refractivity contribution in [1.29, 1.82) is 0 Å². The summed E-state index contributed by atoms with van der Waals surface area (Å²) in [5, 5.41) is 23.5. The van der Waals surface area contributed by atoms with Crippen LogP contribution in [0.15, 0.2) is 34.9 Å². The maximum atomic E-state index is 12.8. The van der Waals surface area contributed by atoms with E-state index >= 15 is 0 Å². The van der Waals surface area contributed by atoms with Crippen molar-refractivity contribution < 1.29 is 60.6 Å². The number of aromatic amines is 3. The summed E-state index contributed by atoms with van der Waals surface area (Å²) in [6.07, 6.45) is -1.94. The van der Waals surface area contributed by atoms with E-state index in [0.717, 1.165) is 0 Å². The van der Waals surface area contributed by atoms with E-state index in [1.807, 2.05) is 0 Å². The van der Waals surface area contributed by atoms with Crippen LogP contribution in [-0.2, 0) is 47.4 Å². The van der Waals surface area contributed by atoms with Gasteiger partial charge in [0.25, 0.3) is 11.1 Å². The van der Waals surface area contributed by atoms with Crippen molar-refractivity contribution in [2.75, 3.05) is 55.0 Å². The number of aliphatic hydroxyl groups excluding tert-OH is 1. The van der Waals surface area contributed by atoms with Crippen LogP contribution in [0, 0.1) is 0 Å². The first kappa shape index (κ1) is 42.2. The van der Waals surface area contributed by atoms with Gasteiger partial charge >= 0.3 is 23.5 Å². The Morgan fingerprint density at radius 2 is 1.72 bits per heavy atom. The second-order valence-electron chi connectivity index (χ2n) is 12.2. The Morgan fingerprint density at radius 1 is 1.04 bits per heavy atom. The van der Waals surface area contributed by atoms with Gasteiger partial charge in [-0.15, -0.1) is 0 Å². The zero-order chi connectivity index (χ0) is 41.3. The zero-order valence-electron chi connectivity index (χ0n) is 29.4. The van der Waals surface area contributed by atoms with E-state index in [1.54, 1.807) is 4.90 Å². The number of H-pyrrole nitrogens is 3. The number of nitrogens with zero attached hydrogens (tertiary/aromatic N) is 8. The Balaban J connectivity index is 1.07. The van der Waals surface area contributed by atoms with Gasteiger partial charge in [-0.3, -0.25) is 38.1 Å². The van der Waals surface area contributed by atoms with E-state index in [9.17, 15) is 43.1 Å². The number of aliphatic hydroxyl groups is 1. The van der Waals surface area contributed by atoms with Crippen molar-refractivity contribution >= 4 is 58.0 Å². The quantitative estimate of drug-likeness (QED) is 0.0535. The molecule has 6 rings (SSSR count). The fourth-order valence-electron chi connectivity index (χ4n) is 5.89. The normalized spacial score (nSPS) is 24.8. The fourth-order valence-corrected chi connectivity index (χ4v) is 9.43. The van der Waals surface area contributed by atoms with E-state index in [-0.39, 0.29) is 60.6 Å². The highest BCUT2D eigenvalue weighted by atomic mass is 31.3. The summed E-state index contributed by atoms with van der Waals surface area (Å²) in [4.78, 5) is 75.3. The summed E-state index contributed by atoms with van der Waals surface area (Å²) >= 11 is 0. The average Bonchev–Trinajstić information content (AvgIpc) is 3.86. The molecule has 4 aromatic rings. The van der Waals surface area contributed by atoms with Crippen molar-refractivity contribution in [2.45, 2.75) is 43.7 Å². The van der Waals surface area contributed by atoms with Crippen molar-refractivity contribution in [3.63, 3.8) is 0 Å². The first-order valence-corrected chi connectivity index (χ1v) is 20.8. The summed E-state index contributed by atoms with van der Waals surface area (Å²) in [6.45, 7) is 2.41. The van der Waals surface area contributed by atoms with Crippen molar-refractivity contribution in [1.82, 2.24) is 49.8 Å². The molecule has 312 valence electrons. The molecule has 2 fully saturated rings. The van der Waals surface area contributed by atoms with Gasteiger partial charge in [0.05, 0.1) is 43.6 Å². The number of nitrogens with one attached hydrogen (secondary N) is 4. The highest BCUT2D eigenvalue weighted by Crippen LogP contribution is 2.67. The molecule has 0 aliphatic carbocycles.